The van der Waals surface area contributed by atoms with Gasteiger partial charge in [0.1, 0.15) is 0 Å². The Bertz CT molecular complexity index is 363. The molecular formula is C11H17ClN2OS. The molecule has 0 atom stereocenters. The molecule has 2 N–H and O–H groups in total. The number of amides is 1. The molecule has 1 aromatic heterocycles. The summed E-state index contributed by atoms with van der Waals surface area (Å²) in [6.07, 6.45) is 0. The third-order valence-corrected chi connectivity index (χ3v) is 3.57. The highest BCUT2D eigenvalue weighted by atomic mass is 35.5. The number of carbonyl (C=O) groups is 1. The summed E-state index contributed by atoms with van der Waals surface area (Å²) in [5, 5.41) is 5.92. The molecule has 0 bridgehead atoms. The molecule has 0 unspecified atom stereocenters. The monoisotopic (exact) mass is 260 g/mol. The van der Waals surface area contributed by atoms with Crippen LogP contribution >= 0.6 is 22.9 Å². The first-order valence-corrected chi connectivity index (χ1v) is 6.32. The lowest BCUT2D eigenvalue weighted by atomic mass is 9.92. The molecule has 3 nitrogen and oxygen atoms in total. The highest BCUT2D eigenvalue weighted by Crippen LogP contribution is 2.21. The Kier molecular flexibility index (Phi) is 4.77. The van der Waals surface area contributed by atoms with E-state index < -0.39 is 5.41 Å². The van der Waals surface area contributed by atoms with Crippen LogP contribution in [-0.2, 0) is 11.3 Å². The Labute approximate surface area is 105 Å². The lowest BCUT2D eigenvalue weighted by Crippen LogP contribution is -2.41. The van der Waals surface area contributed by atoms with Crippen molar-refractivity contribution in [1.29, 1.82) is 0 Å². The van der Waals surface area contributed by atoms with Gasteiger partial charge < -0.3 is 10.6 Å². The van der Waals surface area contributed by atoms with Crippen molar-refractivity contribution in [2.75, 3.05) is 13.6 Å². The largest absolute Gasteiger partial charge is 0.359 e. The molecule has 0 radical (unpaired) electrons. The molecule has 1 heterocycles. The molecular weight excluding hydrogens is 244 g/mol. The summed E-state index contributed by atoms with van der Waals surface area (Å²) in [5.41, 5.74) is -0.393. The second-order valence-electron chi connectivity index (χ2n) is 4.27. The van der Waals surface area contributed by atoms with Gasteiger partial charge >= 0.3 is 0 Å². The minimum absolute atomic E-state index is 0.0456. The Morgan fingerprint density at radius 2 is 2.19 bits per heavy atom. The van der Waals surface area contributed by atoms with Gasteiger partial charge in [-0.15, -0.1) is 11.3 Å². The van der Waals surface area contributed by atoms with Gasteiger partial charge in [-0.1, -0.05) is 11.6 Å². The quantitative estimate of drug-likeness (QED) is 0.853. The van der Waals surface area contributed by atoms with Gasteiger partial charge in [-0.05, 0) is 26.0 Å². The molecule has 0 spiro atoms. The van der Waals surface area contributed by atoms with E-state index in [-0.39, 0.29) is 5.91 Å². The zero-order chi connectivity index (χ0) is 12.2. The molecule has 1 amide bonds. The Balaban J connectivity index is 2.38. The van der Waals surface area contributed by atoms with Crippen molar-refractivity contribution in [1.82, 2.24) is 10.6 Å². The smallest absolute Gasteiger partial charge is 0.226 e. The van der Waals surface area contributed by atoms with Crippen molar-refractivity contribution >= 4 is 28.8 Å². The molecule has 0 saturated heterocycles. The highest BCUT2D eigenvalue weighted by molar-refractivity contribution is 7.16. The van der Waals surface area contributed by atoms with E-state index in [0.29, 0.717) is 6.54 Å². The van der Waals surface area contributed by atoms with Crippen molar-refractivity contribution in [2.24, 2.45) is 5.41 Å². The van der Waals surface area contributed by atoms with Crippen LogP contribution in [0.2, 0.25) is 4.34 Å². The van der Waals surface area contributed by atoms with Gasteiger partial charge in [0.15, 0.2) is 0 Å². The molecule has 1 rings (SSSR count). The maximum atomic E-state index is 11.5. The average molecular weight is 261 g/mol. The molecule has 0 fully saturated rings. The molecule has 0 aliphatic carbocycles. The SMILES string of the molecule is CNC(=O)C(C)(C)CNCc1ccc(Cl)s1. The minimum atomic E-state index is -0.393. The molecule has 0 aliphatic rings. The van der Waals surface area contributed by atoms with Crippen LogP contribution in [-0.4, -0.2) is 19.5 Å². The maximum absolute atomic E-state index is 11.5. The number of rotatable bonds is 5. The average Bonchev–Trinajstić information content (AvgIpc) is 2.62. The van der Waals surface area contributed by atoms with Gasteiger partial charge in [0.25, 0.3) is 0 Å². The lowest BCUT2D eigenvalue weighted by molar-refractivity contribution is -0.128. The van der Waals surface area contributed by atoms with Gasteiger partial charge in [0, 0.05) is 25.0 Å². The van der Waals surface area contributed by atoms with Crippen molar-refractivity contribution < 1.29 is 4.79 Å². The van der Waals surface area contributed by atoms with E-state index in [4.69, 9.17) is 11.6 Å². The first-order chi connectivity index (χ1) is 7.45. The van der Waals surface area contributed by atoms with Gasteiger partial charge in [-0.3, -0.25) is 4.79 Å². The normalized spacial score (nSPS) is 11.5. The number of hydrogen-bond acceptors (Lipinski definition) is 3. The standard InChI is InChI=1S/C11H17ClN2OS/c1-11(2,10(15)13-3)7-14-6-8-4-5-9(12)16-8/h4-5,14H,6-7H2,1-3H3,(H,13,15). The van der Waals surface area contributed by atoms with Gasteiger partial charge in [-0.25, -0.2) is 0 Å². The first kappa shape index (κ1) is 13.5. The molecule has 0 aromatic carbocycles. The summed E-state index contributed by atoms with van der Waals surface area (Å²) >= 11 is 7.38. The van der Waals surface area contributed by atoms with E-state index in [1.165, 1.54) is 4.88 Å². The third-order valence-electron chi connectivity index (χ3n) is 2.34. The summed E-state index contributed by atoms with van der Waals surface area (Å²) in [5.74, 6) is 0.0456. The number of thiophene rings is 1. The molecule has 5 heteroatoms. The van der Waals surface area contributed by atoms with Gasteiger partial charge in [0.2, 0.25) is 5.91 Å². The van der Waals surface area contributed by atoms with Gasteiger partial charge in [-0.2, -0.15) is 0 Å². The van der Waals surface area contributed by atoms with E-state index in [9.17, 15) is 4.79 Å². The minimum Gasteiger partial charge on any atom is -0.359 e. The molecule has 16 heavy (non-hydrogen) atoms. The summed E-state index contributed by atoms with van der Waals surface area (Å²) in [7, 11) is 1.66. The van der Waals surface area contributed by atoms with Crippen LogP contribution in [0.15, 0.2) is 12.1 Å². The molecule has 0 saturated carbocycles. The number of halogens is 1. The van der Waals surface area contributed by atoms with E-state index in [2.05, 4.69) is 10.6 Å². The summed E-state index contributed by atoms with van der Waals surface area (Å²) in [6, 6.07) is 3.88. The maximum Gasteiger partial charge on any atom is 0.226 e. The molecule has 1 aromatic rings. The zero-order valence-corrected chi connectivity index (χ0v) is 11.3. The predicted molar refractivity (Wildman–Crippen MR) is 68.9 cm³/mol. The lowest BCUT2D eigenvalue weighted by Gasteiger charge is -2.22. The van der Waals surface area contributed by atoms with E-state index in [0.717, 1.165) is 10.9 Å². The van der Waals surface area contributed by atoms with Crippen LogP contribution in [0.4, 0.5) is 0 Å². The van der Waals surface area contributed by atoms with Crippen LogP contribution in [0.3, 0.4) is 0 Å². The fourth-order valence-corrected chi connectivity index (χ4v) is 2.42. The zero-order valence-electron chi connectivity index (χ0n) is 9.76. The summed E-state index contributed by atoms with van der Waals surface area (Å²) in [4.78, 5) is 12.7. The van der Waals surface area contributed by atoms with Crippen molar-refractivity contribution in [3.8, 4) is 0 Å². The van der Waals surface area contributed by atoms with Crippen molar-refractivity contribution in [2.45, 2.75) is 20.4 Å². The van der Waals surface area contributed by atoms with Crippen LogP contribution in [0.1, 0.15) is 18.7 Å². The van der Waals surface area contributed by atoms with Crippen LogP contribution in [0.5, 0.6) is 0 Å². The van der Waals surface area contributed by atoms with Crippen LogP contribution in [0, 0.1) is 5.41 Å². The Morgan fingerprint density at radius 1 is 1.50 bits per heavy atom. The Morgan fingerprint density at radius 3 is 2.69 bits per heavy atom. The third kappa shape index (κ3) is 3.77. The molecule has 0 aliphatic heterocycles. The predicted octanol–water partition coefficient (Wildman–Crippen LogP) is 2.26. The Hall–Kier alpha value is -0.580. The number of nitrogens with one attached hydrogen (secondary N) is 2. The number of carbonyl (C=O) groups excluding carboxylic acids is 1. The van der Waals surface area contributed by atoms with E-state index >= 15 is 0 Å². The van der Waals surface area contributed by atoms with Crippen molar-refractivity contribution in [3.05, 3.63) is 21.3 Å². The fourth-order valence-electron chi connectivity index (χ4n) is 1.36. The first-order valence-electron chi connectivity index (χ1n) is 5.13. The second-order valence-corrected chi connectivity index (χ2v) is 6.07. The van der Waals surface area contributed by atoms with Crippen LogP contribution in [0.25, 0.3) is 0 Å². The molecule has 90 valence electrons. The fraction of sp³-hybridized carbons (Fsp3) is 0.545. The topological polar surface area (TPSA) is 41.1 Å². The summed E-state index contributed by atoms with van der Waals surface area (Å²) in [6.45, 7) is 5.22. The van der Waals surface area contributed by atoms with Gasteiger partial charge in [0.05, 0.1) is 9.75 Å². The second kappa shape index (κ2) is 5.66. The van der Waals surface area contributed by atoms with Crippen molar-refractivity contribution in [3.63, 3.8) is 0 Å². The van der Waals surface area contributed by atoms with Crippen LogP contribution < -0.4 is 10.6 Å². The number of hydrogen-bond donors (Lipinski definition) is 2. The van der Waals surface area contributed by atoms with E-state index in [1.807, 2.05) is 26.0 Å². The highest BCUT2D eigenvalue weighted by Gasteiger charge is 2.25. The van der Waals surface area contributed by atoms with E-state index in [1.54, 1.807) is 18.4 Å². The summed E-state index contributed by atoms with van der Waals surface area (Å²) < 4.78 is 0.794.